The first-order chi connectivity index (χ1) is 11.4. The number of benzene rings is 2. The van der Waals surface area contributed by atoms with E-state index in [1.807, 2.05) is 25.1 Å². The highest BCUT2D eigenvalue weighted by molar-refractivity contribution is 7.88. The highest BCUT2D eigenvalue weighted by atomic mass is 32.2. The zero-order chi connectivity index (χ0) is 17.6. The monoisotopic (exact) mass is 342 g/mol. The third-order valence-electron chi connectivity index (χ3n) is 3.22. The van der Waals surface area contributed by atoms with Crippen LogP contribution in [0, 0.1) is 18.8 Å². The summed E-state index contributed by atoms with van der Waals surface area (Å²) in [6, 6.07) is 13.8. The molecule has 6 heteroatoms. The van der Waals surface area contributed by atoms with E-state index in [0.717, 1.165) is 11.1 Å². The van der Waals surface area contributed by atoms with Crippen LogP contribution >= 0.6 is 0 Å². The van der Waals surface area contributed by atoms with Crippen molar-refractivity contribution >= 4 is 15.9 Å². The van der Waals surface area contributed by atoms with Gasteiger partial charge in [0, 0.05) is 11.1 Å². The summed E-state index contributed by atoms with van der Waals surface area (Å²) in [6.07, 6.45) is 0. The van der Waals surface area contributed by atoms with Gasteiger partial charge in [0.2, 0.25) is 15.9 Å². The smallest absolute Gasteiger partial charge is 0.248 e. The van der Waals surface area contributed by atoms with Crippen LogP contribution in [0.4, 0.5) is 0 Å². The number of sulfonamides is 1. The average Bonchev–Trinajstić information content (AvgIpc) is 2.51. The fraction of sp³-hybridized carbons (Fsp3) is 0.167. The topological polar surface area (TPSA) is 89.3 Å². The Labute approximate surface area is 141 Å². The van der Waals surface area contributed by atoms with E-state index >= 15 is 0 Å². The number of amides is 1. The van der Waals surface area contributed by atoms with E-state index in [1.54, 1.807) is 30.3 Å². The van der Waals surface area contributed by atoms with E-state index in [0.29, 0.717) is 11.1 Å². The Bertz CT molecular complexity index is 892. The van der Waals surface area contributed by atoms with Crippen molar-refractivity contribution in [1.29, 1.82) is 0 Å². The first-order valence-electron chi connectivity index (χ1n) is 7.27. The molecule has 24 heavy (non-hydrogen) atoms. The molecule has 0 aromatic heterocycles. The highest BCUT2D eigenvalue weighted by Gasteiger charge is 2.10. The molecular formula is C18H18N2O3S. The molecule has 0 radical (unpaired) electrons. The van der Waals surface area contributed by atoms with E-state index in [-0.39, 0.29) is 12.3 Å². The molecule has 5 nitrogen and oxygen atoms in total. The van der Waals surface area contributed by atoms with Gasteiger partial charge in [-0.25, -0.2) is 13.1 Å². The van der Waals surface area contributed by atoms with Crippen LogP contribution in [0.1, 0.15) is 27.0 Å². The van der Waals surface area contributed by atoms with E-state index in [2.05, 4.69) is 16.6 Å². The molecule has 0 bridgehead atoms. The Morgan fingerprint density at radius 1 is 1.17 bits per heavy atom. The molecule has 0 aliphatic heterocycles. The predicted octanol–water partition coefficient (Wildman–Crippen LogP) is 1.57. The molecule has 124 valence electrons. The number of hydrogen-bond donors (Lipinski definition) is 2. The number of aryl methyl sites for hydroxylation is 1. The van der Waals surface area contributed by atoms with Crippen LogP contribution in [0.3, 0.4) is 0 Å². The predicted molar refractivity (Wildman–Crippen MR) is 93.6 cm³/mol. The summed E-state index contributed by atoms with van der Waals surface area (Å²) >= 11 is 0. The van der Waals surface area contributed by atoms with Gasteiger partial charge in [-0.15, -0.1) is 0 Å². The van der Waals surface area contributed by atoms with Crippen molar-refractivity contribution in [3.05, 3.63) is 70.8 Å². The third-order valence-corrected chi connectivity index (χ3v) is 4.52. The van der Waals surface area contributed by atoms with Crippen molar-refractivity contribution in [2.24, 2.45) is 5.73 Å². The summed E-state index contributed by atoms with van der Waals surface area (Å²) in [5.74, 6) is 4.99. The normalized spacial score (nSPS) is 10.7. The Kier molecular flexibility index (Phi) is 5.74. The van der Waals surface area contributed by atoms with Crippen molar-refractivity contribution < 1.29 is 13.2 Å². The summed E-state index contributed by atoms with van der Waals surface area (Å²) in [5.41, 5.74) is 7.98. The number of nitrogens with two attached hydrogens (primary N) is 1. The van der Waals surface area contributed by atoms with Crippen molar-refractivity contribution in [3.63, 3.8) is 0 Å². The molecule has 0 saturated carbocycles. The average molecular weight is 342 g/mol. The molecule has 2 rings (SSSR count). The van der Waals surface area contributed by atoms with Gasteiger partial charge in [0.05, 0.1) is 12.3 Å². The Morgan fingerprint density at radius 2 is 1.88 bits per heavy atom. The highest BCUT2D eigenvalue weighted by Crippen LogP contribution is 2.07. The van der Waals surface area contributed by atoms with Crippen LogP contribution in [-0.2, 0) is 15.8 Å². The van der Waals surface area contributed by atoms with E-state index in [9.17, 15) is 13.2 Å². The van der Waals surface area contributed by atoms with Crippen LogP contribution in [-0.4, -0.2) is 20.9 Å². The van der Waals surface area contributed by atoms with Gasteiger partial charge >= 0.3 is 0 Å². The third kappa shape index (κ3) is 5.54. The second-order valence-corrected chi connectivity index (χ2v) is 7.12. The molecule has 0 aliphatic rings. The maximum Gasteiger partial charge on any atom is 0.248 e. The molecular weight excluding hydrogens is 324 g/mol. The molecule has 3 N–H and O–H groups in total. The van der Waals surface area contributed by atoms with Crippen molar-refractivity contribution in [1.82, 2.24) is 4.72 Å². The molecule has 0 atom stereocenters. The summed E-state index contributed by atoms with van der Waals surface area (Å²) < 4.78 is 26.5. The Hall–Kier alpha value is -2.62. The SMILES string of the molecule is Cc1cccc(CS(=O)(=O)NCC#Cc2ccc(C(N)=O)cc2)c1. The number of carbonyl (C=O) groups is 1. The first-order valence-corrected chi connectivity index (χ1v) is 8.92. The van der Waals surface area contributed by atoms with Crippen molar-refractivity contribution in [2.75, 3.05) is 6.54 Å². The second kappa shape index (κ2) is 7.77. The number of rotatable bonds is 5. The zero-order valence-electron chi connectivity index (χ0n) is 13.2. The second-order valence-electron chi connectivity index (χ2n) is 5.31. The molecule has 2 aromatic rings. The lowest BCUT2D eigenvalue weighted by Crippen LogP contribution is -2.25. The minimum absolute atomic E-state index is 0.0196. The molecule has 0 fully saturated rings. The zero-order valence-corrected chi connectivity index (χ0v) is 14.1. The van der Waals surface area contributed by atoms with Gasteiger partial charge in [0.15, 0.2) is 0 Å². The van der Waals surface area contributed by atoms with E-state index < -0.39 is 15.9 Å². The Balaban J connectivity index is 1.92. The van der Waals surface area contributed by atoms with Gasteiger partial charge < -0.3 is 5.73 Å². The number of carbonyl (C=O) groups excluding carboxylic acids is 1. The van der Waals surface area contributed by atoms with Gasteiger partial charge in [-0.3, -0.25) is 4.79 Å². The number of primary amides is 1. The largest absolute Gasteiger partial charge is 0.366 e. The molecule has 0 unspecified atom stereocenters. The van der Waals surface area contributed by atoms with Gasteiger partial charge in [-0.05, 0) is 36.8 Å². The molecule has 0 heterocycles. The van der Waals surface area contributed by atoms with E-state index in [1.165, 1.54) is 0 Å². The minimum Gasteiger partial charge on any atom is -0.366 e. The summed E-state index contributed by atoms with van der Waals surface area (Å²) in [6.45, 7) is 1.93. The fourth-order valence-corrected chi connectivity index (χ4v) is 3.10. The van der Waals surface area contributed by atoms with Gasteiger partial charge in [0.25, 0.3) is 0 Å². The molecule has 0 saturated heterocycles. The van der Waals surface area contributed by atoms with Crippen LogP contribution in [0.25, 0.3) is 0 Å². The van der Waals surface area contributed by atoms with Gasteiger partial charge in [-0.2, -0.15) is 0 Å². The van der Waals surface area contributed by atoms with Crippen LogP contribution in [0.5, 0.6) is 0 Å². The lowest BCUT2D eigenvalue weighted by molar-refractivity contribution is 0.100. The number of nitrogens with one attached hydrogen (secondary N) is 1. The summed E-state index contributed by atoms with van der Waals surface area (Å²) in [5, 5.41) is 0. The fourth-order valence-electron chi connectivity index (χ4n) is 2.08. The number of hydrogen-bond acceptors (Lipinski definition) is 3. The quantitative estimate of drug-likeness (QED) is 0.808. The lowest BCUT2D eigenvalue weighted by atomic mass is 10.1. The van der Waals surface area contributed by atoms with Crippen LogP contribution in [0.2, 0.25) is 0 Å². The Morgan fingerprint density at radius 3 is 2.50 bits per heavy atom. The van der Waals surface area contributed by atoms with Gasteiger partial charge in [0.1, 0.15) is 0 Å². The van der Waals surface area contributed by atoms with Crippen molar-refractivity contribution in [3.8, 4) is 11.8 Å². The van der Waals surface area contributed by atoms with Crippen LogP contribution < -0.4 is 10.5 Å². The standard InChI is InChI=1S/C18H18N2O3S/c1-14-4-2-5-16(12-14)13-24(22,23)20-11-3-6-15-7-9-17(10-8-15)18(19)21/h2,4-5,7-10,12,20H,11,13H2,1H3,(H2,19,21). The first kappa shape index (κ1) is 17.7. The maximum atomic E-state index is 12.0. The van der Waals surface area contributed by atoms with Crippen molar-refractivity contribution in [2.45, 2.75) is 12.7 Å². The maximum absolute atomic E-state index is 12.0. The lowest BCUT2D eigenvalue weighted by Gasteiger charge is -2.04. The van der Waals surface area contributed by atoms with Gasteiger partial charge in [-0.1, -0.05) is 41.7 Å². The summed E-state index contributed by atoms with van der Waals surface area (Å²) in [7, 11) is -3.44. The van der Waals surface area contributed by atoms with Crippen LogP contribution in [0.15, 0.2) is 48.5 Å². The minimum atomic E-state index is -3.44. The molecule has 0 aliphatic carbocycles. The van der Waals surface area contributed by atoms with E-state index in [4.69, 9.17) is 5.73 Å². The molecule has 2 aromatic carbocycles. The molecule has 0 spiro atoms. The molecule has 1 amide bonds. The summed E-state index contributed by atoms with van der Waals surface area (Å²) in [4.78, 5) is 11.0.